The Kier molecular flexibility index (Phi) is 3.78. The first-order chi connectivity index (χ1) is 11.8. The van der Waals surface area contributed by atoms with Crippen LogP contribution in [0.5, 0.6) is 5.75 Å². The van der Waals surface area contributed by atoms with Crippen LogP contribution in [0.4, 0.5) is 0 Å². The van der Waals surface area contributed by atoms with Crippen molar-refractivity contribution in [3.05, 3.63) is 73.1 Å². The van der Waals surface area contributed by atoms with Crippen molar-refractivity contribution >= 4 is 21.8 Å². The van der Waals surface area contributed by atoms with Crippen molar-refractivity contribution in [3.63, 3.8) is 0 Å². The molecule has 0 fully saturated rings. The van der Waals surface area contributed by atoms with Gasteiger partial charge in [0.25, 0.3) is 0 Å². The maximum Gasteiger partial charge on any atom is 0.127 e. The lowest BCUT2D eigenvalue weighted by Gasteiger charge is -2.14. The van der Waals surface area contributed by atoms with Gasteiger partial charge in [-0.05, 0) is 36.4 Å². The zero-order valence-corrected chi connectivity index (χ0v) is 13.0. The number of imidazole rings is 1. The van der Waals surface area contributed by atoms with Crippen LogP contribution in [0.2, 0.25) is 0 Å². The third-order valence-electron chi connectivity index (χ3n) is 3.97. The van der Waals surface area contributed by atoms with Gasteiger partial charge in [-0.3, -0.25) is 0 Å². The second-order valence-corrected chi connectivity index (χ2v) is 5.67. The Morgan fingerprint density at radius 3 is 3.00 bits per heavy atom. The van der Waals surface area contributed by atoms with Crippen molar-refractivity contribution in [2.24, 2.45) is 0 Å². The first-order valence-electron chi connectivity index (χ1n) is 7.83. The number of nitrogens with zero attached hydrogens (tertiary/aromatic N) is 2. The fourth-order valence-electron chi connectivity index (χ4n) is 2.82. The molecule has 24 heavy (non-hydrogen) atoms. The molecule has 0 bridgehead atoms. The number of aliphatic hydroxyl groups is 1. The van der Waals surface area contributed by atoms with E-state index in [0.29, 0.717) is 6.54 Å². The van der Waals surface area contributed by atoms with E-state index in [-0.39, 0.29) is 6.61 Å². The summed E-state index contributed by atoms with van der Waals surface area (Å²) in [5, 5.41) is 12.2. The lowest BCUT2D eigenvalue weighted by molar-refractivity contribution is 0.0942. The minimum absolute atomic E-state index is 0.213. The first-order valence-corrected chi connectivity index (χ1v) is 7.83. The number of aromatic nitrogens is 2. The summed E-state index contributed by atoms with van der Waals surface area (Å²) in [5.74, 6) is 0.743. The number of ether oxygens (including phenoxy) is 1. The van der Waals surface area contributed by atoms with Crippen molar-refractivity contribution in [2.45, 2.75) is 12.6 Å². The van der Waals surface area contributed by atoms with E-state index in [0.717, 1.165) is 27.6 Å². The van der Waals surface area contributed by atoms with Crippen LogP contribution < -0.4 is 4.74 Å². The second-order valence-electron chi connectivity index (χ2n) is 5.67. The van der Waals surface area contributed by atoms with Crippen LogP contribution in [0, 0.1) is 12.1 Å². The summed E-state index contributed by atoms with van der Waals surface area (Å²) in [7, 11) is 0. The number of aliphatic hydroxyl groups excluding tert-OH is 1. The van der Waals surface area contributed by atoms with Gasteiger partial charge in [0.15, 0.2) is 0 Å². The first kappa shape index (κ1) is 14.6. The van der Waals surface area contributed by atoms with Crippen molar-refractivity contribution in [1.29, 1.82) is 0 Å². The van der Waals surface area contributed by atoms with Crippen LogP contribution in [0.25, 0.3) is 21.8 Å². The second kappa shape index (κ2) is 6.23. The molecule has 4 nitrogen and oxygen atoms in total. The quantitative estimate of drug-likeness (QED) is 0.615. The molecule has 1 unspecified atom stereocenters. The smallest absolute Gasteiger partial charge is 0.127 e. The number of benzene rings is 2. The van der Waals surface area contributed by atoms with E-state index in [1.165, 1.54) is 0 Å². The summed E-state index contributed by atoms with van der Waals surface area (Å²) in [6, 6.07) is 23.4. The number of hydrogen-bond donors (Lipinski definition) is 1. The van der Waals surface area contributed by atoms with Crippen molar-refractivity contribution in [3.8, 4) is 5.75 Å². The molecule has 0 radical (unpaired) electrons. The van der Waals surface area contributed by atoms with Crippen LogP contribution in [-0.2, 0) is 6.54 Å². The highest BCUT2D eigenvalue weighted by Gasteiger charge is 2.10. The molecule has 1 heterocycles. The van der Waals surface area contributed by atoms with Crippen LogP contribution in [0.15, 0.2) is 60.9 Å². The molecule has 0 aliphatic carbocycles. The highest BCUT2D eigenvalue weighted by Crippen LogP contribution is 2.24. The minimum Gasteiger partial charge on any atom is -0.490 e. The molecule has 4 aromatic rings. The summed E-state index contributed by atoms with van der Waals surface area (Å²) in [5.41, 5.74) is 1.93. The molecule has 0 spiro atoms. The molecule has 118 valence electrons. The molecule has 4 rings (SSSR count). The summed E-state index contributed by atoms with van der Waals surface area (Å²) in [4.78, 5) is 4.33. The topological polar surface area (TPSA) is 47.3 Å². The monoisotopic (exact) mass is 316 g/mol. The van der Waals surface area contributed by atoms with Gasteiger partial charge in [-0.15, -0.1) is 0 Å². The Morgan fingerprint density at radius 2 is 2.04 bits per heavy atom. The molecule has 1 aromatic heterocycles. The molecule has 0 aliphatic rings. The maximum absolute atomic E-state index is 10.3. The molecular weight excluding hydrogens is 300 g/mol. The van der Waals surface area contributed by atoms with Gasteiger partial charge >= 0.3 is 0 Å². The third kappa shape index (κ3) is 2.78. The highest BCUT2D eigenvalue weighted by molar-refractivity contribution is 5.86. The Morgan fingerprint density at radius 1 is 1.12 bits per heavy atom. The molecule has 0 amide bonds. The van der Waals surface area contributed by atoms with Gasteiger partial charge < -0.3 is 14.4 Å². The van der Waals surface area contributed by atoms with Gasteiger partial charge in [0, 0.05) is 10.8 Å². The van der Waals surface area contributed by atoms with E-state index in [4.69, 9.17) is 4.74 Å². The van der Waals surface area contributed by atoms with E-state index in [1.807, 2.05) is 59.2 Å². The van der Waals surface area contributed by atoms with E-state index >= 15 is 0 Å². The SMILES string of the molecule is OC(COc1cccc2c#cccc12)Cn1cnc2ccccc21. The van der Waals surface area contributed by atoms with E-state index in [9.17, 15) is 5.11 Å². The lowest BCUT2D eigenvalue weighted by Crippen LogP contribution is -2.23. The van der Waals surface area contributed by atoms with E-state index < -0.39 is 6.10 Å². The third-order valence-corrected chi connectivity index (χ3v) is 3.97. The Bertz CT molecular complexity index is 972. The Labute approximate surface area is 139 Å². The number of fused-ring (bicyclic) bond motifs is 2. The van der Waals surface area contributed by atoms with Crippen LogP contribution >= 0.6 is 0 Å². The molecular formula is C20H16N2O2. The molecule has 3 aromatic carbocycles. The fraction of sp³-hybridized carbons (Fsp3) is 0.150. The van der Waals surface area contributed by atoms with Crippen LogP contribution in [0.1, 0.15) is 0 Å². The zero-order chi connectivity index (χ0) is 16.4. The average Bonchev–Trinajstić information content (AvgIpc) is 3.03. The van der Waals surface area contributed by atoms with Gasteiger partial charge in [-0.25, -0.2) is 4.98 Å². The molecule has 0 aliphatic heterocycles. The van der Waals surface area contributed by atoms with Crippen molar-refractivity contribution < 1.29 is 9.84 Å². The normalized spacial score (nSPS) is 12.2. The van der Waals surface area contributed by atoms with Gasteiger partial charge in [0.05, 0.1) is 23.9 Å². The van der Waals surface area contributed by atoms with Crippen LogP contribution in [0.3, 0.4) is 0 Å². The highest BCUT2D eigenvalue weighted by atomic mass is 16.5. The standard InChI is InChI=1S/C20H16N2O2/c23-16(12-22-14-21-18-9-3-4-10-19(18)22)13-24-20-11-5-7-15-6-1-2-8-17(15)20/h2-5,7-11,14,16,23H,12-13H2. The van der Waals surface area contributed by atoms with E-state index in [2.05, 4.69) is 17.1 Å². The summed E-state index contributed by atoms with van der Waals surface area (Å²) in [6.07, 6.45) is 1.12. The van der Waals surface area contributed by atoms with Crippen molar-refractivity contribution in [2.75, 3.05) is 6.61 Å². The average molecular weight is 316 g/mol. The number of rotatable bonds is 5. The number of para-hydroxylation sites is 2. The van der Waals surface area contributed by atoms with Gasteiger partial charge in [-0.1, -0.05) is 30.3 Å². The maximum atomic E-state index is 10.3. The van der Waals surface area contributed by atoms with Gasteiger partial charge in [0.2, 0.25) is 0 Å². The predicted octanol–water partition coefficient (Wildman–Crippen LogP) is 3.23. The number of hydrogen-bond acceptors (Lipinski definition) is 3. The fourth-order valence-corrected chi connectivity index (χ4v) is 2.82. The molecule has 0 saturated carbocycles. The largest absolute Gasteiger partial charge is 0.490 e. The summed E-state index contributed by atoms with van der Waals surface area (Å²) >= 11 is 0. The molecule has 4 heteroatoms. The Hall–Kier alpha value is -3.03. The molecule has 1 N–H and O–H groups in total. The van der Waals surface area contributed by atoms with Gasteiger partial charge in [0.1, 0.15) is 18.5 Å². The zero-order valence-electron chi connectivity index (χ0n) is 13.0. The summed E-state index contributed by atoms with van der Waals surface area (Å²) in [6.45, 7) is 0.648. The Balaban J connectivity index is 1.47. The minimum atomic E-state index is -0.628. The van der Waals surface area contributed by atoms with E-state index in [1.54, 1.807) is 6.33 Å². The molecule has 0 saturated heterocycles. The van der Waals surface area contributed by atoms with Crippen molar-refractivity contribution in [1.82, 2.24) is 9.55 Å². The van der Waals surface area contributed by atoms with Crippen LogP contribution in [-0.4, -0.2) is 27.4 Å². The molecule has 1 atom stereocenters. The van der Waals surface area contributed by atoms with Gasteiger partial charge in [-0.2, -0.15) is 0 Å². The predicted molar refractivity (Wildman–Crippen MR) is 92.9 cm³/mol. The lowest BCUT2D eigenvalue weighted by atomic mass is 10.1. The summed E-state index contributed by atoms with van der Waals surface area (Å²) < 4.78 is 7.76.